The Hall–Kier alpha value is -2.49. The quantitative estimate of drug-likeness (QED) is 0.595. The van der Waals surface area contributed by atoms with Crippen molar-refractivity contribution in [1.82, 2.24) is 24.8 Å². The number of hydrogen-bond acceptors (Lipinski definition) is 5. The number of benzene rings is 1. The van der Waals surface area contributed by atoms with Crippen molar-refractivity contribution in [2.75, 3.05) is 13.1 Å². The van der Waals surface area contributed by atoms with Gasteiger partial charge in [0.15, 0.2) is 5.65 Å². The summed E-state index contributed by atoms with van der Waals surface area (Å²) >= 11 is 6.30. The molecular weight excluding hydrogens is 475 g/mol. The zero-order valence-corrected chi connectivity index (χ0v) is 19.6. The summed E-state index contributed by atoms with van der Waals surface area (Å²) in [4.78, 5) is 19.5. The van der Waals surface area contributed by atoms with Gasteiger partial charge in [0.2, 0.25) is 0 Å². The third-order valence-corrected chi connectivity index (χ3v) is 6.59. The first-order valence-electron chi connectivity index (χ1n) is 10.5. The molecule has 1 N–H and O–H groups in total. The second-order valence-corrected chi connectivity index (χ2v) is 8.60. The first-order chi connectivity index (χ1) is 15.3. The number of hydrogen-bond donors (Lipinski definition) is 1. The summed E-state index contributed by atoms with van der Waals surface area (Å²) in [5.74, 6) is -0.821. The molecule has 2 atom stereocenters. The maximum Gasteiger partial charge on any atom is 0.258 e. The van der Waals surface area contributed by atoms with Gasteiger partial charge >= 0.3 is 0 Å². The number of aromatic nitrogens is 3. The molecule has 2 aliphatic rings. The Bertz CT molecular complexity index is 1240. The Labute approximate surface area is 200 Å². The lowest BCUT2D eigenvalue weighted by Crippen LogP contribution is -2.44. The van der Waals surface area contributed by atoms with Gasteiger partial charge in [0, 0.05) is 18.2 Å². The number of ether oxygens (including phenoxy) is 1. The maximum atomic E-state index is 14.2. The van der Waals surface area contributed by atoms with E-state index in [0.717, 1.165) is 23.0 Å². The van der Waals surface area contributed by atoms with Crippen molar-refractivity contribution in [3.63, 3.8) is 0 Å². The molecule has 5 rings (SSSR count). The Kier molecular flexibility index (Phi) is 6.48. The molecule has 0 bridgehead atoms. The highest BCUT2D eigenvalue weighted by atomic mass is 35.5. The fourth-order valence-corrected chi connectivity index (χ4v) is 4.41. The first-order valence-corrected chi connectivity index (χ1v) is 10.8. The molecule has 11 heteroatoms. The highest BCUT2D eigenvalue weighted by molar-refractivity contribution is 6.31. The smallest absolute Gasteiger partial charge is 0.258 e. The van der Waals surface area contributed by atoms with Gasteiger partial charge in [-0.3, -0.25) is 4.79 Å². The van der Waals surface area contributed by atoms with E-state index in [9.17, 15) is 13.6 Å². The third-order valence-electron chi connectivity index (χ3n) is 6.04. The van der Waals surface area contributed by atoms with Gasteiger partial charge < -0.3 is 15.0 Å². The molecule has 1 amide bonds. The van der Waals surface area contributed by atoms with Crippen molar-refractivity contribution >= 4 is 35.6 Å². The number of fused-ring (bicyclic) bond motifs is 3. The number of alkyl halides is 1. The highest BCUT2D eigenvalue weighted by Gasteiger charge is 2.33. The number of nitrogens with one attached hydrogen (secondary N) is 1. The van der Waals surface area contributed by atoms with Crippen LogP contribution in [0.1, 0.15) is 39.4 Å². The van der Waals surface area contributed by atoms with E-state index in [-0.39, 0.29) is 42.7 Å². The summed E-state index contributed by atoms with van der Waals surface area (Å²) in [6, 6.07) is 3.74. The molecule has 7 nitrogen and oxygen atoms in total. The topological polar surface area (TPSA) is 71.8 Å². The maximum absolute atomic E-state index is 14.2. The minimum Gasteiger partial charge on any atom is -0.486 e. The lowest BCUT2D eigenvalue weighted by molar-refractivity contribution is 0.0657. The van der Waals surface area contributed by atoms with Crippen LogP contribution in [0.3, 0.4) is 0 Å². The van der Waals surface area contributed by atoms with Crippen molar-refractivity contribution in [1.29, 1.82) is 0 Å². The molecule has 2 aliphatic heterocycles. The standard InChI is InChI=1S/C22H22ClF2N5O2.ClH/c1-11-20(23)12(2)30-21(27-11)15-9-29(10-17(15)28-30)22(31)14-4-3-13(24)7-19(14)32-18-5-6-26-8-16(18)25;/h3-4,7,16,18,26H,5-6,8-10H2,1-2H3;1H/t16-,18-;/m0./s1. The number of carbonyl (C=O) groups excluding carboxylic acids is 1. The number of nitrogens with zero attached hydrogens (tertiary/aromatic N) is 4. The number of rotatable bonds is 3. The lowest BCUT2D eigenvalue weighted by Gasteiger charge is -2.28. The average molecular weight is 498 g/mol. The number of amides is 1. The van der Waals surface area contributed by atoms with Crippen LogP contribution in [0.25, 0.3) is 5.65 Å². The second-order valence-electron chi connectivity index (χ2n) is 8.22. The molecule has 0 aliphatic carbocycles. The van der Waals surface area contributed by atoms with Crippen LogP contribution in [0.2, 0.25) is 5.02 Å². The Morgan fingerprint density at radius 3 is 2.85 bits per heavy atom. The van der Waals surface area contributed by atoms with Gasteiger partial charge in [-0.1, -0.05) is 11.6 Å². The first kappa shape index (κ1) is 23.7. The monoisotopic (exact) mass is 497 g/mol. The minimum atomic E-state index is -1.23. The summed E-state index contributed by atoms with van der Waals surface area (Å²) in [7, 11) is 0. The molecule has 33 heavy (non-hydrogen) atoms. The zero-order valence-electron chi connectivity index (χ0n) is 18.1. The van der Waals surface area contributed by atoms with Gasteiger partial charge in [-0.2, -0.15) is 5.10 Å². The molecule has 0 radical (unpaired) electrons. The highest BCUT2D eigenvalue weighted by Crippen LogP contribution is 2.32. The van der Waals surface area contributed by atoms with Crippen molar-refractivity contribution in [2.45, 2.75) is 45.6 Å². The summed E-state index contributed by atoms with van der Waals surface area (Å²) in [5.41, 5.74) is 3.94. The summed E-state index contributed by atoms with van der Waals surface area (Å²) in [6.45, 7) is 5.05. The van der Waals surface area contributed by atoms with E-state index < -0.39 is 18.1 Å². The fourth-order valence-electron chi connectivity index (χ4n) is 4.29. The Balaban J connectivity index is 0.00000259. The SMILES string of the molecule is Cc1nc2c3c(nn2c(C)c1Cl)CN(C(=O)c1ccc(F)cc1O[C@H]1CCNC[C@@H]1F)C3.Cl. The van der Waals surface area contributed by atoms with E-state index in [2.05, 4.69) is 15.4 Å². The van der Waals surface area contributed by atoms with E-state index >= 15 is 0 Å². The molecular formula is C22H23Cl2F2N5O2. The molecule has 1 aromatic carbocycles. The van der Waals surface area contributed by atoms with Gasteiger partial charge in [0.25, 0.3) is 5.91 Å². The molecule has 0 saturated carbocycles. The fraction of sp³-hybridized carbons (Fsp3) is 0.409. The summed E-state index contributed by atoms with van der Waals surface area (Å²) in [5, 5.41) is 8.10. The predicted molar refractivity (Wildman–Crippen MR) is 121 cm³/mol. The number of halogens is 4. The predicted octanol–water partition coefficient (Wildman–Crippen LogP) is 3.80. The van der Waals surface area contributed by atoms with Crippen molar-refractivity contribution in [3.8, 4) is 5.75 Å². The Morgan fingerprint density at radius 1 is 1.30 bits per heavy atom. The van der Waals surface area contributed by atoms with Crippen LogP contribution in [0.15, 0.2) is 18.2 Å². The van der Waals surface area contributed by atoms with Crippen LogP contribution in [0, 0.1) is 19.7 Å². The van der Waals surface area contributed by atoms with E-state index in [0.29, 0.717) is 35.9 Å². The summed E-state index contributed by atoms with van der Waals surface area (Å²) in [6.07, 6.45) is -1.53. The molecule has 0 spiro atoms. The van der Waals surface area contributed by atoms with Crippen molar-refractivity contribution < 1.29 is 18.3 Å². The van der Waals surface area contributed by atoms with E-state index in [1.54, 1.807) is 9.42 Å². The van der Waals surface area contributed by atoms with Crippen LogP contribution < -0.4 is 10.1 Å². The van der Waals surface area contributed by atoms with Gasteiger partial charge in [-0.15, -0.1) is 12.4 Å². The lowest BCUT2D eigenvalue weighted by atomic mass is 10.1. The molecule has 3 aromatic rings. The van der Waals surface area contributed by atoms with E-state index in [1.165, 1.54) is 12.1 Å². The molecule has 4 heterocycles. The summed E-state index contributed by atoms with van der Waals surface area (Å²) < 4.78 is 35.7. The molecule has 176 valence electrons. The van der Waals surface area contributed by atoms with Crippen LogP contribution in [0.4, 0.5) is 8.78 Å². The van der Waals surface area contributed by atoms with Gasteiger partial charge in [-0.25, -0.2) is 18.3 Å². The van der Waals surface area contributed by atoms with Gasteiger partial charge in [-0.05, 0) is 38.9 Å². The molecule has 0 unspecified atom stereocenters. The number of aryl methyl sites for hydroxylation is 2. The van der Waals surface area contributed by atoms with E-state index in [1.807, 2.05) is 13.8 Å². The Morgan fingerprint density at radius 2 is 2.09 bits per heavy atom. The van der Waals surface area contributed by atoms with Crippen LogP contribution >= 0.6 is 24.0 Å². The molecule has 1 fully saturated rings. The van der Waals surface area contributed by atoms with E-state index in [4.69, 9.17) is 16.3 Å². The van der Waals surface area contributed by atoms with Crippen molar-refractivity contribution in [2.24, 2.45) is 0 Å². The minimum absolute atomic E-state index is 0. The third kappa shape index (κ3) is 4.13. The van der Waals surface area contributed by atoms with Crippen molar-refractivity contribution in [3.05, 3.63) is 57.2 Å². The molecule has 1 saturated heterocycles. The number of piperidine rings is 1. The average Bonchev–Trinajstić information content (AvgIpc) is 3.33. The number of carbonyl (C=O) groups is 1. The van der Waals surface area contributed by atoms with Gasteiger partial charge in [0.05, 0.1) is 40.8 Å². The zero-order chi connectivity index (χ0) is 22.6. The second kappa shape index (κ2) is 9.04. The molecule has 2 aromatic heterocycles. The normalized spacial score (nSPS) is 20.0. The van der Waals surface area contributed by atoms with Gasteiger partial charge in [0.1, 0.15) is 23.8 Å². The van der Waals surface area contributed by atoms with Crippen LogP contribution in [-0.4, -0.2) is 50.8 Å². The van der Waals surface area contributed by atoms with Crippen LogP contribution in [0.5, 0.6) is 5.75 Å². The largest absolute Gasteiger partial charge is 0.486 e. The van der Waals surface area contributed by atoms with Crippen LogP contribution in [-0.2, 0) is 13.1 Å².